The van der Waals surface area contributed by atoms with E-state index < -0.39 is 0 Å². The van der Waals surface area contributed by atoms with Crippen LogP contribution in [0.1, 0.15) is 15.9 Å². The lowest BCUT2D eigenvalue weighted by atomic mass is 10.1. The summed E-state index contributed by atoms with van der Waals surface area (Å²) in [7, 11) is 1.59. The smallest absolute Gasteiger partial charge is 0.257 e. The molecule has 1 amide bonds. The van der Waals surface area contributed by atoms with Gasteiger partial charge in [-0.2, -0.15) is 0 Å². The molecule has 0 bridgehead atoms. The molecule has 0 unspecified atom stereocenters. The first-order valence-electron chi connectivity index (χ1n) is 6.10. The number of benzene rings is 2. The van der Waals surface area contributed by atoms with Crippen molar-refractivity contribution in [2.45, 2.75) is 6.54 Å². The van der Waals surface area contributed by atoms with Gasteiger partial charge >= 0.3 is 0 Å². The summed E-state index contributed by atoms with van der Waals surface area (Å²) in [5.74, 6) is -0.430. The predicted molar refractivity (Wildman–Crippen MR) is 84.7 cm³/mol. The van der Waals surface area contributed by atoms with Crippen LogP contribution in [0, 0.1) is 0 Å². The van der Waals surface area contributed by atoms with E-state index in [9.17, 15) is 15.0 Å². The van der Waals surface area contributed by atoms with Gasteiger partial charge in [0, 0.05) is 24.2 Å². The van der Waals surface area contributed by atoms with Gasteiger partial charge in [-0.15, -0.1) is 0 Å². The van der Waals surface area contributed by atoms with Crippen molar-refractivity contribution in [2.24, 2.45) is 0 Å². The molecule has 6 heteroatoms. The minimum Gasteiger partial charge on any atom is -0.508 e. The number of amides is 1. The van der Waals surface area contributed by atoms with Crippen LogP contribution in [0.3, 0.4) is 0 Å². The van der Waals surface area contributed by atoms with Gasteiger partial charge < -0.3 is 15.1 Å². The van der Waals surface area contributed by atoms with Crippen LogP contribution >= 0.6 is 27.5 Å². The van der Waals surface area contributed by atoms with Gasteiger partial charge in [-0.1, -0.05) is 29.8 Å². The lowest BCUT2D eigenvalue weighted by Gasteiger charge is -2.19. The topological polar surface area (TPSA) is 60.8 Å². The second-order valence-electron chi connectivity index (χ2n) is 4.57. The maximum Gasteiger partial charge on any atom is 0.257 e. The van der Waals surface area contributed by atoms with Crippen molar-refractivity contribution in [3.63, 3.8) is 0 Å². The summed E-state index contributed by atoms with van der Waals surface area (Å²) < 4.78 is 0.356. The lowest BCUT2D eigenvalue weighted by molar-refractivity contribution is 0.0781. The minimum absolute atomic E-state index is 0.104. The molecule has 2 aromatic carbocycles. The molecule has 110 valence electrons. The zero-order chi connectivity index (χ0) is 15.6. The second-order valence-corrected chi connectivity index (χ2v) is 5.86. The van der Waals surface area contributed by atoms with Crippen LogP contribution in [-0.2, 0) is 6.54 Å². The molecule has 4 nitrogen and oxygen atoms in total. The van der Waals surface area contributed by atoms with Crippen LogP contribution in [0.4, 0.5) is 0 Å². The third-order valence-corrected chi connectivity index (χ3v) is 3.83. The molecular formula is C15H13BrClNO3. The molecule has 0 heterocycles. The van der Waals surface area contributed by atoms with Crippen LogP contribution in [0.25, 0.3) is 0 Å². The number of phenolic OH excluding ortho intramolecular Hbond substituents is 2. The van der Waals surface area contributed by atoms with Crippen molar-refractivity contribution < 1.29 is 15.0 Å². The first kappa shape index (κ1) is 15.7. The number of nitrogens with zero attached hydrogens (tertiary/aromatic N) is 1. The molecule has 0 spiro atoms. The summed E-state index contributed by atoms with van der Waals surface area (Å²) in [6, 6.07) is 9.69. The zero-order valence-corrected chi connectivity index (χ0v) is 13.5. The number of aromatic hydroxyl groups is 2. The monoisotopic (exact) mass is 369 g/mol. The Bertz CT molecular complexity index is 691. The summed E-state index contributed by atoms with van der Waals surface area (Å²) >= 11 is 9.05. The highest BCUT2D eigenvalue weighted by atomic mass is 79.9. The fourth-order valence-electron chi connectivity index (χ4n) is 1.91. The number of hydrogen-bond donors (Lipinski definition) is 2. The standard InChI is InChI=1S/C15H13BrClNO3/c1-18(8-9-4-2-3-5-13(9)19)15(21)11-6-10(17)7-12(16)14(11)20/h2-7,19-20H,8H2,1H3. The van der Waals surface area contributed by atoms with E-state index in [0.717, 1.165) is 0 Å². The molecule has 0 atom stereocenters. The van der Waals surface area contributed by atoms with Crippen LogP contribution < -0.4 is 0 Å². The van der Waals surface area contributed by atoms with E-state index in [4.69, 9.17) is 11.6 Å². The van der Waals surface area contributed by atoms with Gasteiger partial charge in [0.05, 0.1) is 10.0 Å². The average molecular weight is 371 g/mol. The summed E-state index contributed by atoms with van der Waals surface area (Å²) in [5, 5.41) is 20.0. The van der Waals surface area contributed by atoms with Gasteiger partial charge in [0.25, 0.3) is 5.91 Å². The van der Waals surface area contributed by atoms with E-state index in [1.54, 1.807) is 31.3 Å². The van der Waals surface area contributed by atoms with Crippen molar-refractivity contribution in [3.05, 3.63) is 57.0 Å². The molecule has 0 radical (unpaired) electrons. The lowest BCUT2D eigenvalue weighted by Crippen LogP contribution is -2.26. The molecule has 2 rings (SSSR count). The number of rotatable bonds is 3. The second kappa shape index (κ2) is 6.37. The van der Waals surface area contributed by atoms with Gasteiger partial charge in [0.15, 0.2) is 0 Å². The van der Waals surface area contributed by atoms with Crippen molar-refractivity contribution in [3.8, 4) is 11.5 Å². The number of carbonyl (C=O) groups excluding carboxylic acids is 1. The van der Waals surface area contributed by atoms with Crippen molar-refractivity contribution in [1.29, 1.82) is 0 Å². The molecule has 21 heavy (non-hydrogen) atoms. The first-order chi connectivity index (χ1) is 9.90. The largest absolute Gasteiger partial charge is 0.508 e. The van der Waals surface area contributed by atoms with Crippen LogP contribution in [0.2, 0.25) is 5.02 Å². The summed E-state index contributed by atoms with van der Waals surface area (Å²) in [6.45, 7) is 0.217. The normalized spacial score (nSPS) is 10.4. The van der Waals surface area contributed by atoms with E-state index in [1.165, 1.54) is 17.0 Å². The molecule has 2 N–H and O–H groups in total. The highest BCUT2D eigenvalue weighted by Gasteiger charge is 2.19. The molecule has 0 saturated heterocycles. The van der Waals surface area contributed by atoms with Crippen molar-refractivity contribution >= 4 is 33.4 Å². The fraction of sp³-hybridized carbons (Fsp3) is 0.133. The summed E-state index contributed by atoms with van der Waals surface area (Å²) in [5.41, 5.74) is 0.723. The summed E-state index contributed by atoms with van der Waals surface area (Å²) in [4.78, 5) is 13.8. The highest BCUT2D eigenvalue weighted by Crippen LogP contribution is 2.32. The number of carbonyl (C=O) groups is 1. The summed E-state index contributed by atoms with van der Waals surface area (Å²) in [6.07, 6.45) is 0. The zero-order valence-electron chi connectivity index (χ0n) is 11.2. The Labute approximate surface area is 135 Å². The average Bonchev–Trinajstić information content (AvgIpc) is 2.44. The maximum absolute atomic E-state index is 12.4. The molecule has 0 saturated carbocycles. The first-order valence-corrected chi connectivity index (χ1v) is 7.27. The number of hydrogen-bond acceptors (Lipinski definition) is 3. The Kier molecular flexibility index (Phi) is 4.75. The van der Waals surface area contributed by atoms with Gasteiger partial charge in [-0.25, -0.2) is 0 Å². The Balaban J connectivity index is 2.26. The number of halogens is 2. The molecular weight excluding hydrogens is 358 g/mol. The maximum atomic E-state index is 12.4. The SMILES string of the molecule is CN(Cc1ccccc1O)C(=O)c1cc(Cl)cc(Br)c1O. The molecule has 0 fully saturated rings. The third-order valence-electron chi connectivity index (χ3n) is 3.00. The van der Waals surface area contributed by atoms with Crippen molar-refractivity contribution in [2.75, 3.05) is 7.05 Å². The highest BCUT2D eigenvalue weighted by molar-refractivity contribution is 9.10. The van der Waals surface area contributed by atoms with Gasteiger partial charge in [0.2, 0.25) is 0 Å². The molecule has 0 aliphatic heterocycles. The van der Waals surface area contributed by atoms with E-state index in [1.807, 2.05) is 0 Å². The van der Waals surface area contributed by atoms with Crippen LogP contribution in [-0.4, -0.2) is 28.1 Å². The van der Waals surface area contributed by atoms with E-state index in [2.05, 4.69) is 15.9 Å². The Morgan fingerprint density at radius 3 is 2.62 bits per heavy atom. The van der Waals surface area contributed by atoms with Gasteiger partial charge in [-0.3, -0.25) is 4.79 Å². The minimum atomic E-state index is -0.390. The fourth-order valence-corrected chi connectivity index (χ4v) is 2.72. The Morgan fingerprint density at radius 1 is 1.29 bits per heavy atom. The van der Waals surface area contributed by atoms with Gasteiger partial charge in [0.1, 0.15) is 11.5 Å². The molecule has 0 aromatic heterocycles. The third kappa shape index (κ3) is 3.49. The van der Waals surface area contributed by atoms with Crippen LogP contribution in [0.5, 0.6) is 11.5 Å². The van der Waals surface area contributed by atoms with Crippen molar-refractivity contribution in [1.82, 2.24) is 4.90 Å². The Hall–Kier alpha value is -1.72. The van der Waals surface area contributed by atoms with Crippen LogP contribution in [0.15, 0.2) is 40.9 Å². The van der Waals surface area contributed by atoms with E-state index in [-0.39, 0.29) is 29.5 Å². The van der Waals surface area contributed by atoms with E-state index >= 15 is 0 Å². The molecule has 2 aromatic rings. The quantitative estimate of drug-likeness (QED) is 0.864. The molecule has 0 aliphatic rings. The van der Waals surface area contributed by atoms with E-state index in [0.29, 0.717) is 15.1 Å². The number of phenols is 2. The Morgan fingerprint density at radius 2 is 1.95 bits per heavy atom. The molecule has 0 aliphatic carbocycles. The number of para-hydroxylation sites is 1. The predicted octanol–water partition coefficient (Wildman–Crippen LogP) is 3.79. The van der Waals surface area contributed by atoms with Gasteiger partial charge in [-0.05, 0) is 34.1 Å².